The summed E-state index contributed by atoms with van der Waals surface area (Å²) in [6.45, 7) is 0.248. The maximum absolute atomic E-state index is 12.6. The summed E-state index contributed by atoms with van der Waals surface area (Å²) in [6, 6.07) is 9.00. The normalized spacial score (nSPS) is 11.8. The summed E-state index contributed by atoms with van der Waals surface area (Å²) in [4.78, 5) is 12.4. The van der Waals surface area contributed by atoms with Gasteiger partial charge in [-0.05, 0) is 30.0 Å². The molecule has 124 valence electrons. The van der Waals surface area contributed by atoms with E-state index in [1.165, 1.54) is 28.2 Å². The van der Waals surface area contributed by atoms with Crippen LogP contribution in [0.4, 0.5) is 0 Å². The monoisotopic (exact) mass is 353 g/mol. The van der Waals surface area contributed by atoms with Crippen molar-refractivity contribution in [2.45, 2.75) is 16.3 Å². The van der Waals surface area contributed by atoms with Gasteiger partial charge in [-0.25, -0.2) is 8.42 Å². The summed E-state index contributed by atoms with van der Waals surface area (Å²) in [5.41, 5.74) is 6.27. The van der Waals surface area contributed by atoms with E-state index in [-0.39, 0.29) is 17.1 Å². The van der Waals surface area contributed by atoms with Crippen molar-refractivity contribution in [2.24, 2.45) is 12.8 Å². The molecule has 0 saturated heterocycles. The molecule has 0 aliphatic heterocycles. The standard InChI is InChI=1S/C15H19N3O3S2/c1-17-10-13(8-14(17)15(16)19)23(20,21)18(2)9-11-4-6-12(22-3)7-5-11/h4-8,10H,9H2,1-3H3,(H2,16,19). The van der Waals surface area contributed by atoms with E-state index >= 15 is 0 Å². The number of primary amides is 1. The molecule has 2 rings (SSSR count). The number of carbonyl (C=O) groups excluding carboxylic acids is 1. The van der Waals surface area contributed by atoms with E-state index in [0.717, 1.165) is 10.5 Å². The number of thioether (sulfide) groups is 1. The number of nitrogens with zero attached hydrogens (tertiary/aromatic N) is 2. The van der Waals surface area contributed by atoms with Crippen molar-refractivity contribution in [3.8, 4) is 0 Å². The molecule has 2 aromatic rings. The third-order valence-corrected chi connectivity index (χ3v) is 6.02. The lowest BCUT2D eigenvalue weighted by molar-refractivity contribution is 0.0992. The third kappa shape index (κ3) is 3.77. The molecule has 1 heterocycles. The van der Waals surface area contributed by atoms with Crippen LogP contribution in [0.3, 0.4) is 0 Å². The lowest BCUT2D eigenvalue weighted by Crippen LogP contribution is -2.26. The predicted molar refractivity (Wildman–Crippen MR) is 90.8 cm³/mol. The molecule has 1 aromatic heterocycles. The van der Waals surface area contributed by atoms with Crippen LogP contribution in [0, 0.1) is 0 Å². The van der Waals surface area contributed by atoms with Crippen molar-refractivity contribution in [1.29, 1.82) is 0 Å². The van der Waals surface area contributed by atoms with Gasteiger partial charge in [-0.3, -0.25) is 4.79 Å². The smallest absolute Gasteiger partial charge is 0.265 e. The first-order valence-corrected chi connectivity index (χ1v) is 9.47. The highest BCUT2D eigenvalue weighted by Crippen LogP contribution is 2.20. The molecule has 1 amide bonds. The molecule has 0 aliphatic carbocycles. The minimum absolute atomic E-state index is 0.0528. The summed E-state index contributed by atoms with van der Waals surface area (Å²) in [7, 11) is -0.596. The topological polar surface area (TPSA) is 85.4 Å². The molecule has 0 spiro atoms. The molecule has 6 nitrogen and oxygen atoms in total. The van der Waals surface area contributed by atoms with Gasteiger partial charge in [0.2, 0.25) is 10.0 Å². The van der Waals surface area contributed by atoms with Crippen molar-refractivity contribution in [3.05, 3.63) is 47.8 Å². The van der Waals surface area contributed by atoms with Crippen molar-refractivity contribution in [2.75, 3.05) is 13.3 Å². The molecule has 1 aromatic carbocycles. The number of nitrogens with two attached hydrogens (primary N) is 1. The van der Waals surface area contributed by atoms with Crippen LogP contribution in [0.1, 0.15) is 16.1 Å². The number of benzene rings is 1. The van der Waals surface area contributed by atoms with Crippen LogP contribution in [0.25, 0.3) is 0 Å². The van der Waals surface area contributed by atoms with Gasteiger partial charge >= 0.3 is 0 Å². The van der Waals surface area contributed by atoms with E-state index in [1.54, 1.807) is 18.8 Å². The van der Waals surface area contributed by atoms with Crippen LogP contribution in [0.15, 0.2) is 46.3 Å². The number of carbonyl (C=O) groups is 1. The Morgan fingerprint density at radius 3 is 2.39 bits per heavy atom. The van der Waals surface area contributed by atoms with Gasteiger partial charge in [-0.1, -0.05) is 12.1 Å². The number of rotatable bonds is 6. The first-order valence-electron chi connectivity index (χ1n) is 6.81. The third-order valence-electron chi connectivity index (χ3n) is 3.50. The lowest BCUT2D eigenvalue weighted by atomic mass is 10.2. The van der Waals surface area contributed by atoms with E-state index in [2.05, 4.69) is 0 Å². The summed E-state index contributed by atoms with van der Waals surface area (Å²) in [6.07, 6.45) is 3.38. The van der Waals surface area contributed by atoms with Crippen LogP contribution in [0.5, 0.6) is 0 Å². The van der Waals surface area contributed by atoms with Gasteiger partial charge in [0.05, 0.1) is 0 Å². The van der Waals surface area contributed by atoms with Gasteiger partial charge in [-0.15, -0.1) is 11.8 Å². The van der Waals surface area contributed by atoms with Crippen LogP contribution >= 0.6 is 11.8 Å². The molecule has 0 atom stereocenters. The second-order valence-electron chi connectivity index (χ2n) is 5.15. The Labute approximate surface area is 140 Å². The van der Waals surface area contributed by atoms with Crippen LogP contribution in [0.2, 0.25) is 0 Å². The predicted octanol–water partition coefficient (Wildman–Crippen LogP) is 1.67. The van der Waals surface area contributed by atoms with E-state index in [4.69, 9.17) is 5.73 Å². The van der Waals surface area contributed by atoms with E-state index < -0.39 is 15.9 Å². The van der Waals surface area contributed by atoms with Crippen molar-refractivity contribution in [1.82, 2.24) is 8.87 Å². The van der Waals surface area contributed by atoms with Crippen LogP contribution in [-0.4, -0.2) is 36.5 Å². The fourth-order valence-corrected chi connectivity index (χ4v) is 3.81. The highest BCUT2D eigenvalue weighted by atomic mass is 32.2. The average molecular weight is 353 g/mol. The summed E-state index contributed by atoms with van der Waals surface area (Å²) >= 11 is 1.63. The van der Waals surface area contributed by atoms with Gasteiger partial charge in [0.15, 0.2) is 0 Å². The Kier molecular flexibility index (Phi) is 5.18. The maximum Gasteiger partial charge on any atom is 0.265 e. The molecular formula is C15H19N3O3S2. The molecule has 2 N–H and O–H groups in total. The molecule has 0 bridgehead atoms. The number of hydrogen-bond acceptors (Lipinski definition) is 4. The fourth-order valence-electron chi connectivity index (χ4n) is 2.17. The van der Waals surface area contributed by atoms with E-state index in [0.29, 0.717) is 0 Å². The molecule has 0 fully saturated rings. The minimum atomic E-state index is -3.69. The number of sulfonamides is 1. The zero-order valence-corrected chi connectivity index (χ0v) is 14.8. The van der Waals surface area contributed by atoms with Crippen LogP contribution in [-0.2, 0) is 23.6 Å². The summed E-state index contributed by atoms with van der Waals surface area (Å²) < 4.78 is 27.9. The first kappa shape index (κ1) is 17.6. The van der Waals surface area contributed by atoms with Gasteiger partial charge in [0, 0.05) is 31.7 Å². The Morgan fingerprint density at radius 1 is 1.30 bits per heavy atom. The molecule has 23 heavy (non-hydrogen) atoms. The second-order valence-corrected chi connectivity index (χ2v) is 8.07. The van der Waals surface area contributed by atoms with Crippen LogP contribution < -0.4 is 5.73 Å². The van der Waals surface area contributed by atoms with Gasteiger partial charge < -0.3 is 10.3 Å². The molecule has 0 radical (unpaired) electrons. The highest BCUT2D eigenvalue weighted by molar-refractivity contribution is 7.98. The SMILES string of the molecule is CSc1ccc(CN(C)S(=O)(=O)c2cc(C(N)=O)n(C)c2)cc1. The number of hydrogen-bond donors (Lipinski definition) is 1. The number of aryl methyl sites for hydroxylation is 1. The summed E-state index contributed by atoms with van der Waals surface area (Å²) in [5, 5.41) is 0. The Morgan fingerprint density at radius 2 is 1.91 bits per heavy atom. The quantitative estimate of drug-likeness (QED) is 0.801. The lowest BCUT2D eigenvalue weighted by Gasteiger charge is -2.16. The zero-order valence-electron chi connectivity index (χ0n) is 13.2. The first-order chi connectivity index (χ1) is 10.8. The Balaban J connectivity index is 2.24. The molecule has 8 heteroatoms. The molecule has 0 aliphatic rings. The fraction of sp³-hybridized carbons (Fsp3) is 0.267. The number of amides is 1. The largest absolute Gasteiger partial charge is 0.364 e. The second kappa shape index (κ2) is 6.77. The van der Waals surface area contributed by atoms with Crippen molar-refractivity contribution >= 4 is 27.7 Å². The minimum Gasteiger partial charge on any atom is -0.364 e. The van der Waals surface area contributed by atoms with Gasteiger partial charge in [0.1, 0.15) is 10.6 Å². The van der Waals surface area contributed by atoms with Gasteiger partial charge in [0.25, 0.3) is 5.91 Å². The van der Waals surface area contributed by atoms with Crippen molar-refractivity contribution < 1.29 is 13.2 Å². The summed E-state index contributed by atoms with van der Waals surface area (Å²) in [5.74, 6) is -0.663. The molecule has 0 saturated carbocycles. The molecular weight excluding hydrogens is 334 g/mol. The van der Waals surface area contributed by atoms with E-state index in [9.17, 15) is 13.2 Å². The van der Waals surface area contributed by atoms with E-state index in [1.807, 2.05) is 30.5 Å². The van der Waals surface area contributed by atoms with Crippen molar-refractivity contribution in [3.63, 3.8) is 0 Å². The highest BCUT2D eigenvalue weighted by Gasteiger charge is 2.24. The average Bonchev–Trinajstić information content (AvgIpc) is 2.91. The Bertz CT molecular complexity index is 811. The molecule has 0 unspecified atom stereocenters. The zero-order chi connectivity index (χ0) is 17.2. The van der Waals surface area contributed by atoms with Gasteiger partial charge in [-0.2, -0.15) is 4.31 Å². The Hall–Kier alpha value is -1.77. The number of aromatic nitrogens is 1. The maximum atomic E-state index is 12.6.